The van der Waals surface area contributed by atoms with Gasteiger partial charge < -0.3 is 10.2 Å². The third-order valence-electron chi connectivity index (χ3n) is 2.03. The van der Waals surface area contributed by atoms with Crippen LogP contribution in [0.4, 0.5) is 0 Å². The highest BCUT2D eigenvalue weighted by atomic mass is 15.1. The number of nitrogens with zero attached hydrogens (tertiary/aromatic N) is 3. The minimum Gasteiger partial charge on any atom is -0.317 e. The normalized spacial score (nSPS) is 7.94. The number of hydrogen-bond acceptors (Lipinski definition) is 4. The predicted molar refractivity (Wildman–Crippen MR) is 78.0 cm³/mol. The maximum absolute atomic E-state index is 8.23. The van der Waals surface area contributed by atoms with Crippen molar-refractivity contribution >= 4 is 0 Å². The zero-order valence-corrected chi connectivity index (χ0v) is 12.4. The molecule has 0 rings (SSSR count). The Balaban J connectivity index is -0.000000212. The van der Waals surface area contributed by atoms with Crippen LogP contribution in [0.25, 0.3) is 0 Å². The van der Waals surface area contributed by atoms with E-state index >= 15 is 0 Å². The van der Waals surface area contributed by atoms with Crippen molar-refractivity contribution in [3.8, 4) is 12.1 Å². The predicted octanol–water partition coefficient (Wildman–Crippen LogP) is 2.55. The molecule has 4 heteroatoms. The van der Waals surface area contributed by atoms with Crippen molar-refractivity contribution in [2.75, 3.05) is 32.7 Å². The van der Waals surface area contributed by atoms with E-state index in [1.807, 2.05) is 0 Å². The fourth-order valence-corrected chi connectivity index (χ4v) is 0.998. The van der Waals surface area contributed by atoms with Crippen LogP contribution in [0.2, 0.25) is 0 Å². The fourth-order valence-electron chi connectivity index (χ4n) is 0.998. The molecule has 0 spiro atoms. The van der Waals surface area contributed by atoms with Crippen LogP contribution < -0.4 is 5.32 Å². The van der Waals surface area contributed by atoms with E-state index in [9.17, 15) is 0 Å². The summed E-state index contributed by atoms with van der Waals surface area (Å²) >= 11 is 0. The molecular formula is C14H28N4. The van der Waals surface area contributed by atoms with Gasteiger partial charge in [-0.1, -0.05) is 34.3 Å². The molecule has 0 fully saturated rings. The molecule has 0 heterocycles. The first kappa shape index (κ1) is 21.9. The number of hydrogen-bond donors (Lipinski definition) is 1. The highest BCUT2D eigenvalue weighted by Crippen LogP contribution is 1.87. The molecule has 0 atom stereocenters. The Morgan fingerprint density at radius 2 is 1.56 bits per heavy atom. The van der Waals surface area contributed by atoms with Gasteiger partial charge in [0.1, 0.15) is 0 Å². The van der Waals surface area contributed by atoms with Crippen molar-refractivity contribution in [2.45, 2.75) is 34.1 Å². The van der Waals surface area contributed by atoms with Gasteiger partial charge in [0.15, 0.2) is 0 Å². The summed E-state index contributed by atoms with van der Waals surface area (Å²) in [5, 5.41) is 18.8. The topological polar surface area (TPSA) is 62.9 Å². The van der Waals surface area contributed by atoms with Gasteiger partial charge in [-0.05, 0) is 26.2 Å². The summed E-state index contributed by atoms with van der Waals surface area (Å²) < 4.78 is 0. The van der Waals surface area contributed by atoms with E-state index < -0.39 is 0 Å². The average molecular weight is 252 g/mol. The Labute approximate surface area is 113 Å². The number of nitrogens with one attached hydrogen (secondary N) is 1. The van der Waals surface area contributed by atoms with Crippen LogP contribution in [-0.4, -0.2) is 37.6 Å². The molecule has 0 aliphatic carbocycles. The van der Waals surface area contributed by atoms with Gasteiger partial charge >= 0.3 is 0 Å². The highest BCUT2D eigenvalue weighted by Gasteiger charge is 1.94. The van der Waals surface area contributed by atoms with Crippen LogP contribution in [0, 0.1) is 22.7 Å². The molecule has 0 aliphatic rings. The van der Waals surface area contributed by atoms with E-state index in [2.05, 4.69) is 50.6 Å². The molecule has 0 amide bonds. The van der Waals surface area contributed by atoms with Gasteiger partial charge in [-0.3, -0.25) is 0 Å². The lowest BCUT2D eigenvalue weighted by Crippen LogP contribution is -2.23. The molecule has 0 bridgehead atoms. The minimum atomic E-state index is 0.654. The summed E-state index contributed by atoms with van der Waals surface area (Å²) in [4.78, 5) is 2.24. The van der Waals surface area contributed by atoms with Gasteiger partial charge in [0.25, 0.3) is 0 Å². The van der Waals surface area contributed by atoms with Crippen molar-refractivity contribution in [2.24, 2.45) is 0 Å². The van der Waals surface area contributed by atoms with Crippen molar-refractivity contribution in [1.82, 2.24) is 10.2 Å². The Hall–Kier alpha value is -1.36. The molecule has 0 aromatic carbocycles. The Bertz CT molecular complexity index is 219. The lowest BCUT2D eigenvalue weighted by atomic mass is 10.4. The standard InChI is InChI=1S/C7H14N2.C4H11N.C3H3N/c1-3-9(4-2)7-5-6-8;1-3-5-4-2;1-2-3-4/h3-5,7H2,1-2H3;5H,3-4H2,1-2H3;2H,1H2. The molecule has 18 heavy (non-hydrogen) atoms. The van der Waals surface area contributed by atoms with Crippen LogP contribution in [0.1, 0.15) is 34.1 Å². The molecule has 0 radical (unpaired) electrons. The second-order valence-electron chi connectivity index (χ2n) is 3.23. The molecule has 0 aliphatic heterocycles. The van der Waals surface area contributed by atoms with E-state index in [1.54, 1.807) is 6.07 Å². The quantitative estimate of drug-likeness (QED) is 0.738. The van der Waals surface area contributed by atoms with E-state index in [0.29, 0.717) is 6.42 Å². The van der Waals surface area contributed by atoms with Crippen LogP contribution in [0.5, 0.6) is 0 Å². The molecule has 0 aromatic rings. The van der Waals surface area contributed by atoms with Crippen LogP contribution in [-0.2, 0) is 0 Å². The second-order valence-corrected chi connectivity index (χ2v) is 3.23. The zero-order chi connectivity index (χ0) is 14.6. The average Bonchev–Trinajstić information content (AvgIpc) is 2.42. The summed E-state index contributed by atoms with van der Waals surface area (Å²) in [6.07, 6.45) is 1.84. The molecule has 0 unspecified atom stereocenters. The molecule has 1 N–H and O–H groups in total. The van der Waals surface area contributed by atoms with Gasteiger partial charge in [0.05, 0.1) is 12.1 Å². The third kappa shape index (κ3) is 29.3. The third-order valence-corrected chi connectivity index (χ3v) is 2.03. The van der Waals surface area contributed by atoms with E-state index in [-0.39, 0.29) is 0 Å². The van der Waals surface area contributed by atoms with Crippen molar-refractivity contribution in [1.29, 1.82) is 10.5 Å². The highest BCUT2D eigenvalue weighted by molar-refractivity contribution is 4.93. The Morgan fingerprint density at radius 3 is 1.72 bits per heavy atom. The molecule has 0 aromatic heterocycles. The second kappa shape index (κ2) is 24.7. The van der Waals surface area contributed by atoms with E-state index in [0.717, 1.165) is 32.7 Å². The first-order chi connectivity index (χ1) is 8.67. The number of nitriles is 2. The monoisotopic (exact) mass is 252 g/mol. The van der Waals surface area contributed by atoms with Gasteiger partial charge in [0, 0.05) is 19.0 Å². The lowest BCUT2D eigenvalue weighted by Gasteiger charge is -2.14. The summed E-state index contributed by atoms with van der Waals surface area (Å²) in [6, 6.07) is 3.82. The van der Waals surface area contributed by atoms with Crippen molar-refractivity contribution in [3.63, 3.8) is 0 Å². The van der Waals surface area contributed by atoms with Gasteiger partial charge in [0.2, 0.25) is 0 Å². The minimum absolute atomic E-state index is 0.654. The smallest absolute Gasteiger partial charge is 0.0905 e. The van der Waals surface area contributed by atoms with Gasteiger partial charge in [-0.25, -0.2) is 0 Å². The molecular weight excluding hydrogens is 224 g/mol. The van der Waals surface area contributed by atoms with Crippen LogP contribution in [0.15, 0.2) is 12.7 Å². The summed E-state index contributed by atoms with van der Waals surface area (Å²) in [6.45, 7) is 16.8. The largest absolute Gasteiger partial charge is 0.317 e. The fraction of sp³-hybridized carbons (Fsp3) is 0.714. The van der Waals surface area contributed by atoms with E-state index in [4.69, 9.17) is 10.5 Å². The maximum Gasteiger partial charge on any atom is 0.0905 e. The number of rotatable bonds is 6. The van der Waals surface area contributed by atoms with Gasteiger partial charge in [-0.15, -0.1) is 0 Å². The summed E-state index contributed by atoms with van der Waals surface area (Å²) in [7, 11) is 0. The van der Waals surface area contributed by atoms with Crippen LogP contribution >= 0.6 is 0 Å². The first-order valence-corrected chi connectivity index (χ1v) is 6.48. The van der Waals surface area contributed by atoms with Crippen molar-refractivity contribution in [3.05, 3.63) is 12.7 Å². The van der Waals surface area contributed by atoms with Crippen molar-refractivity contribution < 1.29 is 0 Å². The first-order valence-electron chi connectivity index (χ1n) is 6.48. The summed E-state index contributed by atoms with van der Waals surface area (Å²) in [5.41, 5.74) is 0. The number of allylic oxidation sites excluding steroid dienone is 1. The Morgan fingerprint density at radius 1 is 1.11 bits per heavy atom. The van der Waals surface area contributed by atoms with Gasteiger partial charge in [-0.2, -0.15) is 10.5 Å². The van der Waals surface area contributed by atoms with Crippen LogP contribution in [0.3, 0.4) is 0 Å². The zero-order valence-electron chi connectivity index (χ0n) is 12.4. The lowest BCUT2D eigenvalue weighted by molar-refractivity contribution is 0.311. The summed E-state index contributed by atoms with van der Waals surface area (Å²) in [5.74, 6) is 0. The SMILES string of the molecule is C=CC#N.CCN(CC)CCC#N.CCNCC. The molecule has 104 valence electrons. The Kier molecular flexibility index (Phi) is 30.1. The molecule has 0 saturated heterocycles. The molecule has 4 nitrogen and oxygen atoms in total. The maximum atomic E-state index is 8.23. The molecule has 0 saturated carbocycles. The van der Waals surface area contributed by atoms with E-state index in [1.165, 1.54) is 6.08 Å².